The Hall–Kier alpha value is -2.06. The highest BCUT2D eigenvalue weighted by Crippen LogP contribution is 2.32. The van der Waals surface area contributed by atoms with E-state index in [1.807, 2.05) is 39.0 Å². The number of fused-ring (bicyclic) bond motifs is 1. The molecule has 8 heteroatoms. The zero-order valence-electron chi connectivity index (χ0n) is 16.3. The van der Waals surface area contributed by atoms with Crippen molar-refractivity contribution in [1.82, 2.24) is 15.5 Å². The van der Waals surface area contributed by atoms with Crippen LogP contribution in [0.4, 0.5) is 0 Å². The zero-order valence-corrected chi connectivity index (χ0v) is 17.1. The number of ether oxygens (including phenoxy) is 2. The lowest BCUT2D eigenvalue weighted by Crippen LogP contribution is -3.16. The van der Waals surface area contributed by atoms with Crippen molar-refractivity contribution < 1.29 is 19.2 Å². The molecular weight excluding hydrogens is 364 g/mol. The quantitative estimate of drug-likeness (QED) is 0.621. The summed E-state index contributed by atoms with van der Waals surface area (Å²) < 4.78 is 10.7. The van der Waals surface area contributed by atoms with E-state index in [0.717, 1.165) is 48.4 Å². The lowest BCUT2D eigenvalue weighted by molar-refractivity contribution is -0.895. The number of hydrogen-bond donors (Lipinski definition) is 3. The first-order valence-corrected chi connectivity index (χ1v) is 9.77. The molecule has 2 heterocycles. The van der Waals surface area contributed by atoms with Crippen molar-refractivity contribution in [2.45, 2.75) is 32.9 Å². The van der Waals surface area contributed by atoms with E-state index in [9.17, 15) is 4.79 Å². The third-order valence-corrected chi connectivity index (χ3v) is 4.97. The van der Waals surface area contributed by atoms with Crippen molar-refractivity contribution in [3.63, 3.8) is 0 Å². The average Bonchev–Trinajstić information content (AvgIpc) is 3.06. The second-order valence-electron chi connectivity index (χ2n) is 8.06. The van der Waals surface area contributed by atoms with Gasteiger partial charge in [-0.3, -0.25) is 4.79 Å². The Morgan fingerprint density at radius 3 is 2.63 bits per heavy atom. The van der Waals surface area contributed by atoms with E-state index in [1.54, 1.807) is 0 Å². The van der Waals surface area contributed by atoms with Gasteiger partial charge in [0.25, 0.3) is 5.91 Å². The normalized spacial score (nSPS) is 16.9. The Labute approximate surface area is 166 Å². The van der Waals surface area contributed by atoms with Crippen LogP contribution in [-0.4, -0.2) is 61.0 Å². The van der Waals surface area contributed by atoms with Crippen LogP contribution in [0.15, 0.2) is 18.2 Å². The van der Waals surface area contributed by atoms with Crippen LogP contribution in [0.1, 0.15) is 26.3 Å². The number of carbonyl (C=O) groups is 1. The standard InChI is InChI=1S/C19H28N4O3S/c1-19(2,3)21-17(24)12-22-6-8-23(9-7-22)18(27)20-11-14-4-5-15-16(10-14)26-13-25-15/h4-5,10H,6-9,11-13H2,1-3H3,(H,20,27)(H,21,24)/p+1. The Morgan fingerprint density at radius 1 is 1.22 bits per heavy atom. The van der Waals surface area contributed by atoms with Crippen LogP contribution in [-0.2, 0) is 11.3 Å². The van der Waals surface area contributed by atoms with Crippen LogP contribution in [0.3, 0.4) is 0 Å². The molecule has 1 fully saturated rings. The minimum atomic E-state index is -0.182. The molecular formula is C19H29N4O3S+. The van der Waals surface area contributed by atoms with Crippen molar-refractivity contribution in [3.8, 4) is 11.5 Å². The minimum Gasteiger partial charge on any atom is -0.454 e. The summed E-state index contributed by atoms with van der Waals surface area (Å²) in [7, 11) is 0. The summed E-state index contributed by atoms with van der Waals surface area (Å²) in [6, 6.07) is 5.92. The number of nitrogens with one attached hydrogen (secondary N) is 3. The summed E-state index contributed by atoms with van der Waals surface area (Å²) in [6.07, 6.45) is 0. The highest BCUT2D eigenvalue weighted by Gasteiger charge is 2.25. The predicted octanol–water partition coefficient (Wildman–Crippen LogP) is -0.0950. The largest absolute Gasteiger partial charge is 0.454 e. The molecule has 0 saturated carbocycles. The van der Waals surface area contributed by atoms with E-state index in [4.69, 9.17) is 21.7 Å². The number of piperazine rings is 1. The van der Waals surface area contributed by atoms with Crippen molar-refractivity contribution >= 4 is 23.2 Å². The van der Waals surface area contributed by atoms with Gasteiger partial charge in [-0.05, 0) is 50.7 Å². The molecule has 2 aliphatic heterocycles. The first-order chi connectivity index (χ1) is 12.8. The molecule has 2 aliphatic rings. The number of thiocarbonyl (C=S) groups is 1. The Morgan fingerprint density at radius 2 is 1.93 bits per heavy atom. The minimum absolute atomic E-state index is 0.106. The highest BCUT2D eigenvalue weighted by molar-refractivity contribution is 7.80. The molecule has 0 unspecified atom stereocenters. The molecule has 0 aromatic heterocycles. The maximum Gasteiger partial charge on any atom is 0.275 e. The topological polar surface area (TPSA) is 67.3 Å². The van der Waals surface area contributed by atoms with Crippen LogP contribution >= 0.6 is 12.2 Å². The molecule has 1 aromatic carbocycles. The Bertz CT molecular complexity index is 697. The Kier molecular flexibility index (Phi) is 6.06. The van der Waals surface area contributed by atoms with Gasteiger partial charge in [-0.15, -0.1) is 0 Å². The second-order valence-corrected chi connectivity index (χ2v) is 8.45. The number of amides is 1. The summed E-state index contributed by atoms with van der Waals surface area (Å²) >= 11 is 5.54. The number of nitrogens with zero attached hydrogens (tertiary/aromatic N) is 1. The molecule has 1 saturated heterocycles. The molecule has 1 aromatic rings. The average molecular weight is 394 g/mol. The lowest BCUT2D eigenvalue weighted by atomic mass is 10.1. The molecule has 1 amide bonds. The molecule has 7 nitrogen and oxygen atoms in total. The first-order valence-electron chi connectivity index (χ1n) is 9.36. The van der Waals surface area contributed by atoms with Gasteiger partial charge in [0.2, 0.25) is 6.79 Å². The molecule has 0 aliphatic carbocycles. The highest BCUT2D eigenvalue weighted by atomic mass is 32.1. The van der Waals surface area contributed by atoms with Crippen molar-refractivity contribution in [2.75, 3.05) is 39.5 Å². The van der Waals surface area contributed by atoms with Gasteiger partial charge in [-0.2, -0.15) is 0 Å². The number of rotatable bonds is 4. The number of carbonyl (C=O) groups excluding carboxylic acids is 1. The maximum atomic E-state index is 12.1. The van der Waals surface area contributed by atoms with Crippen LogP contribution in [0, 0.1) is 0 Å². The third-order valence-electron chi connectivity index (χ3n) is 4.56. The van der Waals surface area contributed by atoms with E-state index >= 15 is 0 Å². The van der Waals surface area contributed by atoms with E-state index in [1.165, 1.54) is 4.90 Å². The SMILES string of the molecule is CC(C)(C)NC(=O)C[NH+]1CCN(C(=S)NCc2ccc3c(c2)OCO3)CC1. The van der Waals surface area contributed by atoms with Gasteiger partial charge in [0.1, 0.15) is 0 Å². The summed E-state index contributed by atoms with van der Waals surface area (Å²) in [5.74, 6) is 1.68. The van der Waals surface area contributed by atoms with Gasteiger partial charge in [-0.1, -0.05) is 6.07 Å². The summed E-state index contributed by atoms with van der Waals surface area (Å²) in [5, 5.41) is 7.10. The Balaban J connectivity index is 1.40. The molecule has 3 N–H and O–H groups in total. The van der Waals surface area contributed by atoms with Gasteiger partial charge in [0, 0.05) is 12.1 Å². The molecule has 27 heavy (non-hydrogen) atoms. The fourth-order valence-electron chi connectivity index (χ4n) is 3.23. The van der Waals surface area contributed by atoms with E-state index in [0.29, 0.717) is 13.1 Å². The number of quaternary nitrogens is 1. The molecule has 0 atom stereocenters. The van der Waals surface area contributed by atoms with Crippen LogP contribution in [0.25, 0.3) is 0 Å². The molecule has 0 spiro atoms. The monoisotopic (exact) mass is 393 g/mol. The summed E-state index contributed by atoms with van der Waals surface area (Å²) in [4.78, 5) is 15.6. The second kappa shape index (κ2) is 8.31. The summed E-state index contributed by atoms with van der Waals surface area (Å²) in [6.45, 7) is 11.0. The van der Waals surface area contributed by atoms with Crippen LogP contribution < -0.4 is 25.0 Å². The predicted molar refractivity (Wildman–Crippen MR) is 107 cm³/mol. The summed E-state index contributed by atoms with van der Waals surface area (Å²) in [5.41, 5.74) is 0.920. The molecule has 0 radical (unpaired) electrons. The van der Waals surface area contributed by atoms with Gasteiger partial charge in [0.15, 0.2) is 23.2 Å². The van der Waals surface area contributed by atoms with Crippen molar-refractivity contribution in [2.24, 2.45) is 0 Å². The maximum absolute atomic E-state index is 12.1. The fourth-order valence-corrected chi connectivity index (χ4v) is 3.49. The lowest BCUT2D eigenvalue weighted by Gasteiger charge is -2.34. The van der Waals surface area contributed by atoms with Crippen molar-refractivity contribution in [1.29, 1.82) is 0 Å². The van der Waals surface area contributed by atoms with Crippen LogP contribution in [0.5, 0.6) is 11.5 Å². The van der Waals surface area contributed by atoms with Gasteiger partial charge >= 0.3 is 0 Å². The van der Waals surface area contributed by atoms with Crippen LogP contribution in [0.2, 0.25) is 0 Å². The fraction of sp³-hybridized carbons (Fsp3) is 0.579. The zero-order chi connectivity index (χ0) is 19.4. The smallest absolute Gasteiger partial charge is 0.275 e. The van der Waals surface area contributed by atoms with E-state index < -0.39 is 0 Å². The number of benzene rings is 1. The first kappa shape index (κ1) is 19.7. The molecule has 3 rings (SSSR count). The third kappa shape index (κ3) is 5.71. The molecule has 148 valence electrons. The van der Waals surface area contributed by atoms with E-state index in [2.05, 4.69) is 15.5 Å². The number of hydrogen-bond acceptors (Lipinski definition) is 4. The molecule has 0 bridgehead atoms. The van der Waals surface area contributed by atoms with Crippen molar-refractivity contribution in [3.05, 3.63) is 23.8 Å². The van der Waals surface area contributed by atoms with Gasteiger partial charge in [-0.25, -0.2) is 0 Å². The van der Waals surface area contributed by atoms with E-state index in [-0.39, 0.29) is 18.2 Å². The van der Waals surface area contributed by atoms with Gasteiger partial charge in [0.05, 0.1) is 26.2 Å². The van der Waals surface area contributed by atoms with Gasteiger partial charge < -0.3 is 29.9 Å².